The summed E-state index contributed by atoms with van der Waals surface area (Å²) in [4.78, 5) is 51.9. The number of piperidine rings is 2. The molecule has 0 spiro atoms. The molecule has 0 radical (unpaired) electrons. The second kappa shape index (κ2) is 12.4. The predicted octanol–water partition coefficient (Wildman–Crippen LogP) is 5.20. The van der Waals surface area contributed by atoms with E-state index in [-0.39, 0.29) is 35.4 Å². The van der Waals surface area contributed by atoms with Crippen LogP contribution < -0.4 is 16.2 Å². The van der Waals surface area contributed by atoms with Crippen LogP contribution in [0.1, 0.15) is 44.2 Å². The molecule has 4 aromatic rings. The number of likely N-dealkylation sites (tertiary alicyclic amines) is 2. The number of amides is 3. The van der Waals surface area contributed by atoms with Crippen molar-refractivity contribution in [1.82, 2.24) is 24.3 Å². The number of carbonyl (C=O) groups is 2. The molecular weight excluding hydrogens is 561 g/mol. The normalized spacial score (nSPS) is 16.2. The smallest absolute Gasteiger partial charge is 0.321 e. The first-order valence-corrected chi connectivity index (χ1v) is 15.1. The number of aromatic nitrogens is 3. The Labute approximate surface area is 254 Å². The summed E-state index contributed by atoms with van der Waals surface area (Å²) in [5, 5.41) is 7.01. The molecule has 2 fully saturated rings. The van der Waals surface area contributed by atoms with Crippen molar-refractivity contribution in [3.8, 4) is 11.1 Å². The number of fused-ring (bicyclic) bond motifs is 1. The average molecular weight is 598 g/mol. The second-order valence-corrected chi connectivity index (χ2v) is 11.6. The summed E-state index contributed by atoms with van der Waals surface area (Å²) in [6, 6.07) is 15.2. The van der Waals surface area contributed by atoms with E-state index < -0.39 is 0 Å². The molecule has 0 bridgehead atoms. The zero-order valence-corrected chi connectivity index (χ0v) is 24.9. The Hall–Kier alpha value is -4.80. The van der Waals surface area contributed by atoms with Crippen molar-refractivity contribution >= 4 is 34.6 Å². The van der Waals surface area contributed by atoms with Crippen LogP contribution in [0.2, 0.25) is 0 Å². The molecule has 0 saturated carbocycles. The Morgan fingerprint density at radius 2 is 1.59 bits per heavy atom. The van der Waals surface area contributed by atoms with Crippen molar-refractivity contribution in [2.45, 2.75) is 51.6 Å². The molecule has 44 heavy (non-hydrogen) atoms. The molecule has 0 unspecified atom stereocenters. The maximum atomic E-state index is 14.1. The van der Waals surface area contributed by atoms with Gasteiger partial charge in [-0.3, -0.25) is 14.2 Å². The number of rotatable bonds is 5. The van der Waals surface area contributed by atoms with Gasteiger partial charge >= 0.3 is 6.03 Å². The van der Waals surface area contributed by atoms with Crippen LogP contribution >= 0.6 is 0 Å². The Kier molecular flexibility index (Phi) is 8.28. The average Bonchev–Trinajstić information content (AvgIpc) is 3.03. The molecule has 0 aliphatic carbocycles. The van der Waals surface area contributed by atoms with E-state index in [4.69, 9.17) is 4.98 Å². The number of halogens is 1. The molecule has 2 aromatic heterocycles. The first-order valence-electron chi connectivity index (χ1n) is 15.1. The monoisotopic (exact) mass is 597 g/mol. The summed E-state index contributed by atoms with van der Waals surface area (Å²) in [5.41, 5.74) is 3.52. The van der Waals surface area contributed by atoms with Gasteiger partial charge in [0, 0.05) is 68.0 Å². The van der Waals surface area contributed by atoms with Crippen LogP contribution in [0, 0.1) is 12.7 Å². The molecule has 2 aliphatic rings. The summed E-state index contributed by atoms with van der Waals surface area (Å²) in [6.45, 7) is 5.83. The molecule has 11 heteroatoms. The van der Waals surface area contributed by atoms with Crippen molar-refractivity contribution in [3.63, 3.8) is 0 Å². The van der Waals surface area contributed by atoms with Crippen LogP contribution in [-0.2, 0) is 4.79 Å². The highest BCUT2D eigenvalue weighted by Gasteiger charge is 2.27. The lowest BCUT2D eigenvalue weighted by Gasteiger charge is -2.33. The van der Waals surface area contributed by atoms with Crippen LogP contribution in [0.3, 0.4) is 0 Å². The minimum absolute atomic E-state index is 0.0436. The van der Waals surface area contributed by atoms with Gasteiger partial charge < -0.3 is 20.4 Å². The highest BCUT2D eigenvalue weighted by molar-refractivity contribution is 5.89. The largest absolute Gasteiger partial charge is 0.351 e. The summed E-state index contributed by atoms with van der Waals surface area (Å²) in [7, 11) is 0. The number of nitrogens with zero attached hydrogens (tertiary/aromatic N) is 5. The van der Waals surface area contributed by atoms with E-state index in [2.05, 4.69) is 15.6 Å². The number of benzene rings is 2. The molecule has 4 heterocycles. The summed E-state index contributed by atoms with van der Waals surface area (Å²) in [6.07, 6.45) is 4.48. The van der Waals surface area contributed by atoms with Crippen molar-refractivity contribution in [2.24, 2.45) is 0 Å². The van der Waals surface area contributed by atoms with Crippen molar-refractivity contribution in [3.05, 3.63) is 82.5 Å². The minimum atomic E-state index is -0.354. The lowest BCUT2D eigenvalue weighted by atomic mass is 9.99. The van der Waals surface area contributed by atoms with E-state index >= 15 is 0 Å². The molecule has 2 saturated heterocycles. The molecule has 228 valence electrons. The number of hydrogen-bond donors (Lipinski definition) is 2. The molecule has 2 N–H and O–H groups in total. The third kappa shape index (κ3) is 6.13. The van der Waals surface area contributed by atoms with Crippen LogP contribution in [0.5, 0.6) is 0 Å². The van der Waals surface area contributed by atoms with Gasteiger partial charge in [-0.25, -0.2) is 14.2 Å². The fourth-order valence-corrected chi connectivity index (χ4v) is 6.18. The van der Waals surface area contributed by atoms with Gasteiger partial charge in [-0.05, 0) is 74.1 Å². The zero-order valence-electron chi connectivity index (χ0n) is 24.9. The van der Waals surface area contributed by atoms with Crippen LogP contribution in [0.15, 0.2) is 65.6 Å². The van der Waals surface area contributed by atoms with Gasteiger partial charge in [0.2, 0.25) is 11.9 Å². The van der Waals surface area contributed by atoms with E-state index in [1.54, 1.807) is 18.0 Å². The second-order valence-electron chi connectivity index (χ2n) is 11.6. The van der Waals surface area contributed by atoms with Gasteiger partial charge in [-0.2, -0.15) is 4.98 Å². The maximum Gasteiger partial charge on any atom is 0.321 e. The SMILES string of the molecule is CC(=O)N1CCC(n2c(=O)c(-c3ccccc3C)cc3cnc(NC4CCN(C(=O)Nc5ccc(F)cc5)CC4)nc32)CC1. The van der Waals surface area contributed by atoms with Gasteiger partial charge in [0.1, 0.15) is 11.5 Å². The molecule has 6 rings (SSSR count). The van der Waals surface area contributed by atoms with Gasteiger partial charge in [-0.15, -0.1) is 0 Å². The third-order valence-electron chi connectivity index (χ3n) is 8.69. The van der Waals surface area contributed by atoms with Crippen molar-refractivity contribution in [2.75, 3.05) is 36.8 Å². The summed E-state index contributed by atoms with van der Waals surface area (Å²) in [5.74, 6) is 0.125. The Morgan fingerprint density at radius 3 is 2.27 bits per heavy atom. The fourth-order valence-electron chi connectivity index (χ4n) is 6.18. The highest BCUT2D eigenvalue weighted by Crippen LogP contribution is 2.29. The van der Waals surface area contributed by atoms with E-state index in [1.807, 2.05) is 46.7 Å². The lowest BCUT2D eigenvalue weighted by Crippen LogP contribution is -2.44. The lowest BCUT2D eigenvalue weighted by molar-refractivity contribution is -0.130. The molecule has 2 aromatic carbocycles. The number of carbonyl (C=O) groups excluding carboxylic acids is 2. The number of urea groups is 1. The standard InChI is InChI=1S/C33H36FN7O3/c1-21-5-3-4-6-28(21)29-19-23-20-35-32(38-30(23)41(31(29)43)27-13-17-39(18-14-27)22(2)42)36-26-11-15-40(16-12-26)33(44)37-25-9-7-24(34)8-10-25/h3-10,19-20,26-27H,11-18H2,1-2H3,(H,37,44)(H,35,36,38). The van der Waals surface area contributed by atoms with Crippen LogP contribution in [0.4, 0.5) is 20.8 Å². The minimum Gasteiger partial charge on any atom is -0.351 e. The number of anilines is 2. The van der Waals surface area contributed by atoms with Gasteiger partial charge in [-0.1, -0.05) is 24.3 Å². The molecular formula is C33H36FN7O3. The topological polar surface area (TPSA) is 112 Å². The Bertz CT molecular complexity index is 1740. The molecule has 0 atom stereocenters. The van der Waals surface area contributed by atoms with E-state index in [1.165, 1.54) is 24.3 Å². The zero-order chi connectivity index (χ0) is 30.8. The first kappa shape index (κ1) is 29.3. The quantitative estimate of drug-likeness (QED) is 0.327. The summed E-state index contributed by atoms with van der Waals surface area (Å²) < 4.78 is 15.0. The molecule has 10 nitrogen and oxygen atoms in total. The first-order chi connectivity index (χ1) is 21.3. The van der Waals surface area contributed by atoms with E-state index in [0.717, 1.165) is 16.5 Å². The van der Waals surface area contributed by atoms with Gasteiger partial charge in [0.15, 0.2) is 0 Å². The predicted molar refractivity (Wildman–Crippen MR) is 168 cm³/mol. The Morgan fingerprint density at radius 1 is 0.909 bits per heavy atom. The van der Waals surface area contributed by atoms with Crippen LogP contribution in [-0.4, -0.2) is 68.5 Å². The van der Waals surface area contributed by atoms with E-state index in [0.29, 0.717) is 74.7 Å². The van der Waals surface area contributed by atoms with Gasteiger partial charge in [0.05, 0.1) is 0 Å². The van der Waals surface area contributed by atoms with Crippen molar-refractivity contribution in [1.29, 1.82) is 0 Å². The highest BCUT2D eigenvalue weighted by atomic mass is 19.1. The van der Waals surface area contributed by atoms with E-state index in [9.17, 15) is 18.8 Å². The fraction of sp³-hybridized carbons (Fsp3) is 0.364. The van der Waals surface area contributed by atoms with Gasteiger partial charge in [0.25, 0.3) is 5.56 Å². The Balaban J connectivity index is 1.23. The molecule has 2 aliphatic heterocycles. The van der Waals surface area contributed by atoms with Crippen molar-refractivity contribution < 1.29 is 14.0 Å². The number of aryl methyl sites for hydroxylation is 1. The number of pyridine rings is 1. The maximum absolute atomic E-state index is 14.1. The molecule has 3 amide bonds. The number of hydrogen-bond acceptors (Lipinski definition) is 6. The summed E-state index contributed by atoms with van der Waals surface area (Å²) >= 11 is 0. The van der Waals surface area contributed by atoms with Crippen LogP contribution in [0.25, 0.3) is 22.2 Å². The third-order valence-corrected chi connectivity index (χ3v) is 8.69. The number of nitrogens with one attached hydrogen (secondary N) is 2.